The van der Waals surface area contributed by atoms with Crippen molar-refractivity contribution in [1.82, 2.24) is 9.78 Å². The van der Waals surface area contributed by atoms with Crippen molar-refractivity contribution in [2.75, 3.05) is 5.32 Å². The van der Waals surface area contributed by atoms with Gasteiger partial charge in [-0.3, -0.25) is 0 Å². The van der Waals surface area contributed by atoms with E-state index in [-0.39, 0.29) is 6.17 Å². The average molecular weight is 310 g/mol. The van der Waals surface area contributed by atoms with E-state index in [0.29, 0.717) is 0 Å². The van der Waals surface area contributed by atoms with Crippen LogP contribution in [0.2, 0.25) is 5.02 Å². The Bertz CT molecular complexity index is 867. The molecule has 2 aromatic carbocycles. The Kier molecular flexibility index (Phi) is 2.98. The van der Waals surface area contributed by atoms with E-state index >= 15 is 0 Å². The Balaban J connectivity index is 1.97. The van der Waals surface area contributed by atoms with Gasteiger partial charge in [0.05, 0.1) is 11.4 Å². The quantitative estimate of drug-likeness (QED) is 0.700. The molecule has 4 heteroatoms. The highest BCUT2D eigenvalue weighted by atomic mass is 35.5. The standard InChI is InChI=1S/C18H16ClN3/c1-11-6-5-8-14-16-10-12(2)21-22(16)18(20-17(11)14)13-7-3-4-9-15(13)19/h3-10,18,20H,1-2H3. The largest absolute Gasteiger partial charge is 0.359 e. The lowest BCUT2D eigenvalue weighted by atomic mass is 10.0. The molecule has 1 aromatic heterocycles. The van der Waals surface area contributed by atoms with E-state index in [1.807, 2.05) is 35.9 Å². The lowest BCUT2D eigenvalue weighted by molar-refractivity contribution is 0.571. The van der Waals surface area contributed by atoms with Gasteiger partial charge < -0.3 is 5.32 Å². The van der Waals surface area contributed by atoms with Gasteiger partial charge in [-0.15, -0.1) is 0 Å². The van der Waals surface area contributed by atoms with Crippen molar-refractivity contribution in [3.8, 4) is 11.3 Å². The molecule has 0 saturated heterocycles. The van der Waals surface area contributed by atoms with E-state index in [4.69, 9.17) is 11.6 Å². The van der Waals surface area contributed by atoms with E-state index < -0.39 is 0 Å². The molecule has 1 atom stereocenters. The van der Waals surface area contributed by atoms with Gasteiger partial charge in [-0.25, -0.2) is 4.68 Å². The Labute approximate surface area is 134 Å². The van der Waals surface area contributed by atoms with Crippen molar-refractivity contribution in [3.63, 3.8) is 0 Å². The summed E-state index contributed by atoms with van der Waals surface area (Å²) in [5, 5.41) is 9.03. The number of halogens is 1. The van der Waals surface area contributed by atoms with Gasteiger partial charge in [-0.05, 0) is 31.5 Å². The van der Waals surface area contributed by atoms with Gasteiger partial charge in [0.2, 0.25) is 0 Å². The Hall–Kier alpha value is -2.26. The molecule has 2 heterocycles. The van der Waals surface area contributed by atoms with Gasteiger partial charge in [0, 0.05) is 21.8 Å². The summed E-state index contributed by atoms with van der Waals surface area (Å²) in [7, 11) is 0. The second-order valence-corrected chi connectivity index (χ2v) is 6.09. The van der Waals surface area contributed by atoms with Crippen LogP contribution in [0.1, 0.15) is 23.0 Å². The number of aryl methyl sites for hydroxylation is 2. The Morgan fingerprint density at radius 1 is 1.09 bits per heavy atom. The third kappa shape index (κ3) is 1.93. The van der Waals surface area contributed by atoms with Crippen LogP contribution in [0, 0.1) is 13.8 Å². The highest BCUT2D eigenvalue weighted by Gasteiger charge is 2.28. The van der Waals surface area contributed by atoms with Crippen LogP contribution in [0.25, 0.3) is 11.3 Å². The summed E-state index contributed by atoms with van der Waals surface area (Å²) in [6.07, 6.45) is -0.0917. The smallest absolute Gasteiger partial charge is 0.148 e. The van der Waals surface area contributed by atoms with Crippen LogP contribution in [-0.4, -0.2) is 9.78 Å². The minimum atomic E-state index is -0.0917. The monoisotopic (exact) mass is 309 g/mol. The molecule has 3 nitrogen and oxygen atoms in total. The number of fused-ring (bicyclic) bond motifs is 3. The van der Waals surface area contributed by atoms with Gasteiger partial charge in [0.25, 0.3) is 0 Å². The average Bonchev–Trinajstić information content (AvgIpc) is 2.89. The fraction of sp³-hybridized carbons (Fsp3) is 0.167. The summed E-state index contributed by atoms with van der Waals surface area (Å²) in [6, 6.07) is 16.4. The van der Waals surface area contributed by atoms with Gasteiger partial charge >= 0.3 is 0 Å². The molecule has 0 bridgehead atoms. The molecule has 0 amide bonds. The Morgan fingerprint density at radius 2 is 1.91 bits per heavy atom. The minimum Gasteiger partial charge on any atom is -0.359 e. The van der Waals surface area contributed by atoms with Crippen molar-refractivity contribution in [1.29, 1.82) is 0 Å². The second kappa shape index (κ2) is 4.89. The topological polar surface area (TPSA) is 29.9 Å². The highest BCUT2D eigenvalue weighted by Crippen LogP contribution is 2.41. The first-order valence-corrected chi connectivity index (χ1v) is 7.70. The second-order valence-electron chi connectivity index (χ2n) is 5.68. The van der Waals surface area contributed by atoms with Crippen molar-refractivity contribution in [2.45, 2.75) is 20.0 Å². The third-order valence-electron chi connectivity index (χ3n) is 4.13. The number of benzene rings is 2. The Morgan fingerprint density at radius 3 is 2.73 bits per heavy atom. The fourth-order valence-electron chi connectivity index (χ4n) is 3.09. The molecule has 1 N–H and O–H groups in total. The molecule has 4 rings (SSSR count). The van der Waals surface area contributed by atoms with Crippen LogP contribution in [0.5, 0.6) is 0 Å². The van der Waals surface area contributed by atoms with Crippen molar-refractivity contribution < 1.29 is 0 Å². The van der Waals surface area contributed by atoms with Crippen molar-refractivity contribution in [3.05, 3.63) is 70.4 Å². The summed E-state index contributed by atoms with van der Waals surface area (Å²) in [6.45, 7) is 4.14. The molecular formula is C18H16ClN3. The molecular weight excluding hydrogens is 294 g/mol. The summed E-state index contributed by atoms with van der Waals surface area (Å²) in [4.78, 5) is 0. The first kappa shape index (κ1) is 13.4. The molecule has 0 fully saturated rings. The summed E-state index contributed by atoms with van der Waals surface area (Å²) in [5.41, 5.74) is 6.72. The molecule has 0 saturated carbocycles. The molecule has 1 unspecified atom stereocenters. The maximum absolute atomic E-state index is 6.42. The number of rotatable bonds is 1. The van der Waals surface area contributed by atoms with Gasteiger partial charge in [0.1, 0.15) is 6.17 Å². The van der Waals surface area contributed by atoms with E-state index in [1.165, 1.54) is 11.1 Å². The van der Waals surface area contributed by atoms with E-state index in [1.54, 1.807) is 0 Å². The van der Waals surface area contributed by atoms with E-state index in [2.05, 4.69) is 41.6 Å². The maximum Gasteiger partial charge on any atom is 0.148 e. The molecule has 22 heavy (non-hydrogen) atoms. The zero-order valence-electron chi connectivity index (χ0n) is 12.5. The molecule has 1 aliphatic heterocycles. The molecule has 0 aliphatic carbocycles. The SMILES string of the molecule is Cc1cc2n(n1)C(c1ccccc1Cl)Nc1c(C)cccc1-2. The molecule has 0 spiro atoms. The predicted octanol–water partition coefficient (Wildman–Crippen LogP) is 4.79. The fourth-order valence-corrected chi connectivity index (χ4v) is 3.33. The predicted molar refractivity (Wildman–Crippen MR) is 90.4 cm³/mol. The lowest BCUT2D eigenvalue weighted by Crippen LogP contribution is -2.26. The van der Waals surface area contributed by atoms with Crippen LogP contribution in [0.3, 0.4) is 0 Å². The molecule has 0 radical (unpaired) electrons. The lowest BCUT2D eigenvalue weighted by Gasteiger charge is -2.30. The van der Waals surface area contributed by atoms with Gasteiger partial charge in [0.15, 0.2) is 0 Å². The summed E-state index contributed by atoms with van der Waals surface area (Å²) in [5.74, 6) is 0. The van der Waals surface area contributed by atoms with E-state index in [0.717, 1.165) is 27.7 Å². The maximum atomic E-state index is 6.42. The summed E-state index contributed by atoms with van der Waals surface area (Å²) >= 11 is 6.42. The van der Waals surface area contributed by atoms with E-state index in [9.17, 15) is 0 Å². The molecule has 3 aromatic rings. The first-order chi connectivity index (χ1) is 10.6. The van der Waals surface area contributed by atoms with Crippen LogP contribution in [0.4, 0.5) is 5.69 Å². The zero-order chi connectivity index (χ0) is 15.3. The number of nitrogens with one attached hydrogen (secondary N) is 1. The molecule has 1 aliphatic rings. The van der Waals surface area contributed by atoms with Gasteiger partial charge in [-0.2, -0.15) is 5.10 Å². The van der Waals surface area contributed by atoms with Crippen LogP contribution in [0.15, 0.2) is 48.5 Å². The number of hydrogen-bond donors (Lipinski definition) is 1. The van der Waals surface area contributed by atoms with Crippen molar-refractivity contribution >= 4 is 17.3 Å². The third-order valence-corrected chi connectivity index (χ3v) is 4.48. The highest BCUT2D eigenvalue weighted by molar-refractivity contribution is 6.31. The van der Waals surface area contributed by atoms with Crippen LogP contribution < -0.4 is 5.32 Å². The number of anilines is 1. The first-order valence-electron chi connectivity index (χ1n) is 7.32. The summed E-state index contributed by atoms with van der Waals surface area (Å²) < 4.78 is 2.03. The van der Waals surface area contributed by atoms with Crippen LogP contribution >= 0.6 is 11.6 Å². The van der Waals surface area contributed by atoms with Crippen LogP contribution in [-0.2, 0) is 0 Å². The number of nitrogens with zero attached hydrogens (tertiary/aromatic N) is 2. The number of aromatic nitrogens is 2. The van der Waals surface area contributed by atoms with Gasteiger partial charge in [-0.1, -0.05) is 48.0 Å². The number of para-hydroxylation sites is 1. The minimum absolute atomic E-state index is 0.0917. The van der Waals surface area contributed by atoms with Crippen molar-refractivity contribution in [2.24, 2.45) is 0 Å². The molecule has 110 valence electrons. The zero-order valence-corrected chi connectivity index (χ0v) is 13.2. The normalized spacial score (nSPS) is 15.9. The number of hydrogen-bond acceptors (Lipinski definition) is 2.